The van der Waals surface area contributed by atoms with Gasteiger partial charge in [0.25, 0.3) is 0 Å². The van der Waals surface area contributed by atoms with E-state index in [1.807, 2.05) is 19.1 Å². The summed E-state index contributed by atoms with van der Waals surface area (Å²) in [5, 5.41) is 3.58. The van der Waals surface area contributed by atoms with Crippen LogP contribution in [0.3, 0.4) is 0 Å². The summed E-state index contributed by atoms with van der Waals surface area (Å²) in [5.74, 6) is 1.93. The van der Waals surface area contributed by atoms with Crippen molar-refractivity contribution in [3.05, 3.63) is 23.7 Å². The maximum Gasteiger partial charge on any atom is 0.134 e. The van der Waals surface area contributed by atoms with Gasteiger partial charge in [-0.25, -0.2) is 0 Å². The Morgan fingerprint density at radius 2 is 2.06 bits per heavy atom. The molecule has 1 spiro atoms. The predicted octanol–water partition coefficient (Wildman–Crippen LogP) is 3.20. The van der Waals surface area contributed by atoms with E-state index >= 15 is 0 Å². The lowest BCUT2D eigenvalue weighted by Crippen LogP contribution is -2.37. The van der Waals surface area contributed by atoms with Crippen molar-refractivity contribution in [2.24, 2.45) is 5.41 Å². The SMILES string of the molecule is Cc1ccc(C2CNCC3(CCCCC3)CO2)o1. The molecule has 1 aliphatic carbocycles. The van der Waals surface area contributed by atoms with Crippen molar-refractivity contribution < 1.29 is 9.15 Å². The van der Waals surface area contributed by atoms with Gasteiger partial charge in [0, 0.05) is 18.5 Å². The minimum atomic E-state index is 0.0833. The van der Waals surface area contributed by atoms with Crippen molar-refractivity contribution in [3.8, 4) is 0 Å². The third-order valence-electron chi connectivity index (χ3n) is 4.41. The molecule has 1 saturated carbocycles. The zero-order valence-corrected chi connectivity index (χ0v) is 11.2. The summed E-state index contributed by atoms with van der Waals surface area (Å²) in [7, 11) is 0. The van der Waals surface area contributed by atoms with Gasteiger partial charge >= 0.3 is 0 Å². The van der Waals surface area contributed by atoms with E-state index in [1.54, 1.807) is 0 Å². The van der Waals surface area contributed by atoms with Crippen LogP contribution in [0.2, 0.25) is 0 Å². The minimum Gasteiger partial charge on any atom is -0.464 e. The average molecular weight is 249 g/mol. The zero-order valence-electron chi connectivity index (χ0n) is 11.2. The molecule has 1 aromatic heterocycles. The van der Waals surface area contributed by atoms with Crippen molar-refractivity contribution in [3.63, 3.8) is 0 Å². The molecule has 3 heteroatoms. The van der Waals surface area contributed by atoms with E-state index in [1.165, 1.54) is 32.1 Å². The lowest BCUT2D eigenvalue weighted by molar-refractivity contribution is -0.0101. The van der Waals surface area contributed by atoms with Crippen LogP contribution in [0.1, 0.15) is 49.7 Å². The standard InChI is InChI=1S/C15H23NO2/c1-12-5-6-13(18-12)14-9-16-10-15(11-17-14)7-3-2-4-8-15/h5-6,14,16H,2-4,7-11H2,1H3. The molecule has 1 unspecified atom stereocenters. The number of aryl methyl sites for hydroxylation is 1. The van der Waals surface area contributed by atoms with Gasteiger partial charge in [-0.05, 0) is 31.9 Å². The van der Waals surface area contributed by atoms with Crippen LogP contribution >= 0.6 is 0 Å². The highest BCUT2D eigenvalue weighted by molar-refractivity contribution is 5.09. The van der Waals surface area contributed by atoms with Crippen LogP contribution in [0.4, 0.5) is 0 Å². The number of hydrogen-bond donors (Lipinski definition) is 1. The minimum absolute atomic E-state index is 0.0833. The quantitative estimate of drug-likeness (QED) is 0.830. The van der Waals surface area contributed by atoms with Crippen LogP contribution in [0.5, 0.6) is 0 Å². The lowest BCUT2D eigenvalue weighted by atomic mass is 9.75. The third-order valence-corrected chi connectivity index (χ3v) is 4.41. The molecule has 2 heterocycles. The topological polar surface area (TPSA) is 34.4 Å². The molecule has 1 saturated heterocycles. The maximum atomic E-state index is 6.14. The van der Waals surface area contributed by atoms with Gasteiger partial charge in [-0.1, -0.05) is 19.3 Å². The molecule has 1 N–H and O–H groups in total. The van der Waals surface area contributed by atoms with Crippen molar-refractivity contribution >= 4 is 0 Å². The van der Waals surface area contributed by atoms with Crippen LogP contribution in [-0.2, 0) is 4.74 Å². The second kappa shape index (κ2) is 5.06. The fourth-order valence-corrected chi connectivity index (χ4v) is 3.29. The molecule has 1 aliphatic heterocycles. The number of hydrogen-bond acceptors (Lipinski definition) is 3. The van der Waals surface area contributed by atoms with E-state index < -0.39 is 0 Å². The molecule has 3 rings (SSSR count). The molecule has 1 aromatic rings. The summed E-state index contributed by atoms with van der Waals surface area (Å²) in [4.78, 5) is 0. The van der Waals surface area contributed by atoms with Gasteiger partial charge in [0.15, 0.2) is 0 Å². The molecule has 0 bridgehead atoms. The van der Waals surface area contributed by atoms with Gasteiger partial charge in [-0.2, -0.15) is 0 Å². The molecule has 0 radical (unpaired) electrons. The molecule has 2 fully saturated rings. The van der Waals surface area contributed by atoms with Crippen LogP contribution in [0.25, 0.3) is 0 Å². The summed E-state index contributed by atoms with van der Waals surface area (Å²) in [6.45, 7) is 4.83. The molecule has 1 atom stereocenters. The Hall–Kier alpha value is -0.800. The van der Waals surface area contributed by atoms with Crippen molar-refractivity contribution in [1.29, 1.82) is 0 Å². The normalized spacial score (nSPS) is 28.2. The Kier molecular flexibility index (Phi) is 3.44. The lowest BCUT2D eigenvalue weighted by Gasteiger charge is -2.35. The molecule has 3 nitrogen and oxygen atoms in total. The second-order valence-electron chi connectivity index (χ2n) is 5.94. The Morgan fingerprint density at radius 1 is 1.22 bits per heavy atom. The first-order valence-corrected chi connectivity index (χ1v) is 7.16. The van der Waals surface area contributed by atoms with Gasteiger partial charge in [0.1, 0.15) is 17.6 Å². The number of nitrogens with one attached hydrogen (secondary N) is 1. The highest BCUT2D eigenvalue weighted by Gasteiger charge is 2.35. The number of ether oxygens (including phenoxy) is 1. The maximum absolute atomic E-state index is 6.14. The first-order valence-electron chi connectivity index (χ1n) is 7.16. The van der Waals surface area contributed by atoms with Gasteiger partial charge in [0.05, 0.1) is 6.61 Å². The fraction of sp³-hybridized carbons (Fsp3) is 0.733. The van der Waals surface area contributed by atoms with E-state index in [-0.39, 0.29) is 6.10 Å². The number of rotatable bonds is 1. The summed E-state index contributed by atoms with van der Waals surface area (Å²) in [6.07, 6.45) is 6.81. The molecular weight excluding hydrogens is 226 g/mol. The Balaban J connectivity index is 1.68. The predicted molar refractivity (Wildman–Crippen MR) is 70.5 cm³/mol. The molecule has 2 aliphatic rings. The summed E-state index contributed by atoms with van der Waals surface area (Å²) in [5.41, 5.74) is 0.384. The average Bonchev–Trinajstić information content (AvgIpc) is 2.71. The van der Waals surface area contributed by atoms with Gasteiger partial charge in [0.2, 0.25) is 0 Å². The summed E-state index contributed by atoms with van der Waals surface area (Å²) < 4.78 is 11.8. The highest BCUT2D eigenvalue weighted by atomic mass is 16.5. The van der Waals surface area contributed by atoms with Crippen molar-refractivity contribution in [2.75, 3.05) is 19.7 Å². The zero-order chi connectivity index (χ0) is 12.4. The monoisotopic (exact) mass is 249 g/mol. The third kappa shape index (κ3) is 2.47. The van der Waals surface area contributed by atoms with Gasteiger partial charge in [-0.15, -0.1) is 0 Å². The number of furan rings is 1. The largest absolute Gasteiger partial charge is 0.464 e. The van der Waals surface area contributed by atoms with Crippen LogP contribution in [-0.4, -0.2) is 19.7 Å². The molecule has 0 aromatic carbocycles. The van der Waals surface area contributed by atoms with Crippen LogP contribution < -0.4 is 5.32 Å². The molecule has 0 amide bonds. The summed E-state index contributed by atoms with van der Waals surface area (Å²) >= 11 is 0. The first-order chi connectivity index (χ1) is 8.77. The smallest absolute Gasteiger partial charge is 0.134 e. The van der Waals surface area contributed by atoms with Crippen molar-refractivity contribution in [2.45, 2.75) is 45.1 Å². The Morgan fingerprint density at radius 3 is 2.78 bits per heavy atom. The Labute approximate surface area is 109 Å². The van der Waals surface area contributed by atoms with E-state index in [9.17, 15) is 0 Å². The van der Waals surface area contributed by atoms with E-state index in [4.69, 9.17) is 9.15 Å². The second-order valence-corrected chi connectivity index (χ2v) is 5.94. The van der Waals surface area contributed by atoms with Gasteiger partial charge < -0.3 is 14.5 Å². The first kappa shape index (κ1) is 12.2. The van der Waals surface area contributed by atoms with E-state index in [0.29, 0.717) is 5.41 Å². The van der Waals surface area contributed by atoms with Crippen LogP contribution in [0, 0.1) is 12.3 Å². The van der Waals surface area contributed by atoms with E-state index in [2.05, 4.69) is 5.32 Å². The van der Waals surface area contributed by atoms with Crippen LogP contribution in [0.15, 0.2) is 16.5 Å². The molecular formula is C15H23NO2. The highest BCUT2D eigenvalue weighted by Crippen LogP contribution is 2.38. The fourth-order valence-electron chi connectivity index (χ4n) is 3.29. The Bertz CT molecular complexity index is 393. The molecule has 100 valence electrons. The molecule has 18 heavy (non-hydrogen) atoms. The van der Waals surface area contributed by atoms with E-state index in [0.717, 1.165) is 31.2 Å². The van der Waals surface area contributed by atoms with Gasteiger partial charge in [-0.3, -0.25) is 0 Å². The van der Waals surface area contributed by atoms with Crippen molar-refractivity contribution in [1.82, 2.24) is 5.32 Å². The summed E-state index contributed by atoms with van der Waals surface area (Å²) in [6, 6.07) is 4.06.